The number of methoxy groups -OCH3 is 1. The third kappa shape index (κ3) is 6.20. The summed E-state index contributed by atoms with van der Waals surface area (Å²) < 4.78 is 4.60. The SMILES string of the molecule is COC(=O)[C@@H](NC(=O)[C@@H](O)CC(C)C)[C@@H](C)CC#N. The highest BCUT2D eigenvalue weighted by Gasteiger charge is 2.29. The fraction of sp³-hybridized carbons (Fsp3) is 0.769. The van der Waals surface area contributed by atoms with E-state index in [1.807, 2.05) is 19.9 Å². The van der Waals surface area contributed by atoms with Crippen molar-refractivity contribution in [3.63, 3.8) is 0 Å². The van der Waals surface area contributed by atoms with Gasteiger partial charge in [-0.2, -0.15) is 5.26 Å². The summed E-state index contributed by atoms with van der Waals surface area (Å²) in [6.45, 7) is 5.43. The van der Waals surface area contributed by atoms with Crippen LogP contribution < -0.4 is 5.32 Å². The number of carbonyl (C=O) groups excluding carboxylic acids is 2. The third-order valence-electron chi connectivity index (χ3n) is 2.73. The summed E-state index contributed by atoms with van der Waals surface area (Å²) in [6.07, 6.45) is -0.742. The Kier molecular flexibility index (Phi) is 7.77. The van der Waals surface area contributed by atoms with Gasteiger partial charge in [-0.3, -0.25) is 4.79 Å². The number of rotatable bonds is 7. The average Bonchev–Trinajstić information content (AvgIpc) is 2.33. The molecule has 0 saturated carbocycles. The Morgan fingerprint density at radius 2 is 1.95 bits per heavy atom. The number of hydrogen-bond donors (Lipinski definition) is 2. The lowest BCUT2D eigenvalue weighted by molar-refractivity contribution is -0.147. The van der Waals surface area contributed by atoms with Gasteiger partial charge in [0.2, 0.25) is 5.91 Å². The molecule has 0 aromatic carbocycles. The van der Waals surface area contributed by atoms with Crippen LogP contribution in [0.3, 0.4) is 0 Å². The minimum Gasteiger partial charge on any atom is -0.467 e. The van der Waals surface area contributed by atoms with E-state index >= 15 is 0 Å². The molecule has 0 aromatic heterocycles. The van der Waals surface area contributed by atoms with Crippen LogP contribution in [0, 0.1) is 23.2 Å². The van der Waals surface area contributed by atoms with Gasteiger partial charge in [0.05, 0.1) is 13.2 Å². The number of ether oxygens (including phenoxy) is 1. The van der Waals surface area contributed by atoms with Crippen molar-refractivity contribution >= 4 is 11.9 Å². The van der Waals surface area contributed by atoms with Crippen molar-refractivity contribution in [1.29, 1.82) is 5.26 Å². The molecule has 0 saturated heterocycles. The average molecular weight is 270 g/mol. The number of aliphatic hydroxyl groups excluding tert-OH is 1. The standard InChI is InChI=1S/C13H22N2O4/c1-8(2)7-10(16)12(17)15-11(13(18)19-4)9(3)5-6-14/h8-11,16H,5,7H2,1-4H3,(H,15,17)/t9-,10-,11-/m0/s1. The molecule has 0 unspecified atom stereocenters. The predicted octanol–water partition coefficient (Wildman–Crippen LogP) is 0.601. The Balaban J connectivity index is 4.69. The van der Waals surface area contributed by atoms with Gasteiger partial charge < -0.3 is 15.2 Å². The Morgan fingerprint density at radius 1 is 1.37 bits per heavy atom. The van der Waals surface area contributed by atoms with Crippen molar-refractivity contribution in [3.8, 4) is 6.07 Å². The van der Waals surface area contributed by atoms with Gasteiger partial charge in [-0.15, -0.1) is 0 Å². The van der Waals surface area contributed by atoms with E-state index in [0.29, 0.717) is 6.42 Å². The van der Waals surface area contributed by atoms with Crippen LogP contribution in [0.2, 0.25) is 0 Å². The number of hydrogen-bond acceptors (Lipinski definition) is 5. The second-order valence-electron chi connectivity index (χ2n) is 4.99. The number of nitrogens with zero attached hydrogens (tertiary/aromatic N) is 1. The molecule has 0 fully saturated rings. The zero-order valence-electron chi connectivity index (χ0n) is 11.8. The van der Waals surface area contributed by atoms with Crippen molar-refractivity contribution in [2.45, 2.75) is 45.8 Å². The Morgan fingerprint density at radius 3 is 2.37 bits per heavy atom. The highest BCUT2D eigenvalue weighted by atomic mass is 16.5. The molecule has 0 bridgehead atoms. The van der Waals surface area contributed by atoms with Crippen LogP contribution in [-0.2, 0) is 14.3 Å². The lowest BCUT2D eigenvalue weighted by Gasteiger charge is -2.23. The summed E-state index contributed by atoms with van der Waals surface area (Å²) in [5.41, 5.74) is 0. The number of nitrogens with one attached hydrogen (secondary N) is 1. The van der Waals surface area contributed by atoms with Crippen LogP contribution in [0.1, 0.15) is 33.6 Å². The second kappa shape index (κ2) is 8.48. The van der Waals surface area contributed by atoms with Gasteiger partial charge in [0.1, 0.15) is 12.1 Å². The van der Waals surface area contributed by atoms with Gasteiger partial charge in [0.15, 0.2) is 0 Å². The first-order valence-corrected chi connectivity index (χ1v) is 6.26. The number of esters is 1. The van der Waals surface area contributed by atoms with Crippen molar-refractivity contribution in [2.75, 3.05) is 7.11 Å². The minimum absolute atomic E-state index is 0.111. The first kappa shape index (κ1) is 17.4. The van der Waals surface area contributed by atoms with E-state index in [4.69, 9.17) is 5.26 Å². The van der Waals surface area contributed by atoms with Gasteiger partial charge in [0.25, 0.3) is 0 Å². The Bertz CT molecular complexity index is 349. The Hall–Kier alpha value is -1.61. The second-order valence-corrected chi connectivity index (χ2v) is 4.99. The van der Waals surface area contributed by atoms with E-state index in [1.165, 1.54) is 7.11 Å². The van der Waals surface area contributed by atoms with Crippen LogP contribution in [0.4, 0.5) is 0 Å². The molecule has 3 atom stereocenters. The maximum absolute atomic E-state index is 11.8. The van der Waals surface area contributed by atoms with Gasteiger partial charge >= 0.3 is 5.97 Å². The number of aliphatic hydroxyl groups is 1. The molecule has 0 heterocycles. The summed E-state index contributed by atoms with van der Waals surface area (Å²) >= 11 is 0. The Labute approximate surface area is 113 Å². The summed E-state index contributed by atoms with van der Waals surface area (Å²) in [5.74, 6) is -1.46. The summed E-state index contributed by atoms with van der Waals surface area (Å²) in [7, 11) is 1.21. The first-order chi connectivity index (χ1) is 8.83. The molecule has 0 radical (unpaired) electrons. The largest absolute Gasteiger partial charge is 0.467 e. The first-order valence-electron chi connectivity index (χ1n) is 6.26. The summed E-state index contributed by atoms with van der Waals surface area (Å²) in [5, 5.41) is 20.8. The minimum atomic E-state index is -1.17. The van der Waals surface area contributed by atoms with E-state index < -0.39 is 24.0 Å². The van der Waals surface area contributed by atoms with Gasteiger partial charge in [0, 0.05) is 12.3 Å². The maximum Gasteiger partial charge on any atom is 0.328 e. The number of amides is 1. The third-order valence-corrected chi connectivity index (χ3v) is 2.73. The zero-order valence-corrected chi connectivity index (χ0v) is 11.8. The topological polar surface area (TPSA) is 99.4 Å². The molecule has 1 amide bonds. The van der Waals surface area contributed by atoms with Gasteiger partial charge in [-0.1, -0.05) is 20.8 Å². The molecule has 6 heteroatoms. The quantitative estimate of drug-likeness (QED) is 0.660. The lowest BCUT2D eigenvalue weighted by atomic mass is 9.98. The van der Waals surface area contributed by atoms with E-state index in [1.54, 1.807) is 6.92 Å². The number of nitriles is 1. The zero-order chi connectivity index (χ0) is 15.0. The smallest absolute Gasteiger partial charge is 0.328 e. The highest BCUT2D eigenvalue weighted by Crippen LogP contribution is 2.11. The van der Waals surface area contributed by atoms with Gasteiger partial charge in [-0.25, -0.2) is 4.79 Å². The molecule has 0 aliphatic heterocycles. The molecule has 0 rings (SSSR count). The summed E-state index contributed by atoms with van der Waals surface area (Å²) in [4.78, 5) is 23.3. The molecule has 108 valence electrons. The van der Waals surface area contributed by atoms with Crippen LogP contribution in [0.25, 0.3) is 0 Å². The lowest BCUT2D eigenvalue weighted by Crippen LogP contribution is -2.49. The van der Waals surface area contributed by atoms with Crippen LogP contribution in [0.5, 0.6) is 0 Å². The fourth-order valence-corrected chi connectivity index (χ4v) is 1.63. The molecule has 0 aliphatic rings. The number of carbonyl (C=O) groups is 2. The van der Waals surface area contributed by atoms with E-state index in [9.17, 15) is 14.7 Å². The van der Waals surface area contributed by atoms with Gasteiger partial charge in [-0.05, 0) is 12.3 Å². The van der Waals surface area contributed by atoms with E-state index in [0.717, 1.165) is 0 Å². The maximum atomic E-state index is 11.8. The van der Waals surface area contributed by atoms with Crippen molar-refractivity contribution in [3.05, 3.63) is 0 Å². The van der Waals surface area contributed by atoms with Crippen LogP contribution >= 0.6 is 0 Å². The molecule has 0 spiro atoms. The molecule has 2 N–H and O–H groups in total. The van der Waals surface area contributed by atoms with Crippen LogP contribution in [0.15, 0.2) is 0 Å². The normalized spacial score (nSPS) is 15.2. The monoisotopic (exact) mass is 270 g/mol. The fourth-order valence-electron chi connectivity index (χ4n) is 1.63. The molecular formula is C13H22N2O4. The molecule has 19 heavy (non-hydrogen) atoms. The molecule has 0 aliphatic carbocycles. The summed E-state index contributed by atoms with van der Waals surface area (Å²) in [6, 6.07) is 1.02. The highest BCUT2D eigenvalue weighted by molar-refractivity contribution is 5.86. The van der Waals surface area contributed by atoms with E-state index in [2.05, 4.69) is 10.1 Å². The van der Waals surface area contributed by atoms with E-state index in [-0.39, 0.29) is 18.3 Å². The van der Waals surface area contributed by atoms with Crippen molar-refractivity contribution in [1.82, 2.24) is 5.32 Å². The molecular weight excluding hydrogens is 248 g/mol. The van der Waals surface area contributed by atoms with Crippen LogP contribution in [-0.4, -0.2) is 36.2 Å². The van der Waals surface area contributed by atoms with Crippen molar-refractivity contribution < 1.29 is 19.4 Å². The predicted molar refractivity (Wildman–Crippen MR) is 68.8 cm³/mol. The molecule has 0 aromatic rings. The molecule has 6 nitrogen and oxygen atoms in total. The van der Waals surface area contributed by atoms with Crippen molar-refractivity contribution in [2.24, 2.45) is 11.8 Å².